The van der Waals surface area contributed by atoms with Crippen LogP contribution in [0.4, 0.5) is 16.3 Å². The smallest absolute Gasteiger partial charge is 0.319 e. The summed E-state index contributed by atoms with van der Waals surface area (Å²) in [5, 5.41) is 8.89. The van der Waals surface area contributed by atoms with Crippen LogP contribution in [0.1, 0.15) is 17.0 Å². The molecule has 3 rings (SSSR count). The molecule has 2 heterocycles. The lowest BCUT2D eigenvalue weighted by molar-refractivity contribution is 0.252. The maximum atomic E-state index is 12.0. The van der Waals surface area contributed by atoms with Gasteiger partial charge in [-0.05, 0) is 56.2 Å². The van der Waals surface area contributed by atoms with E-state index in [0.717, 1.165) is 22.9 Å². The molecule has 2 aromatic heterocycles. The van der Waals surface area contributed by atoms with Gasteiger partial charge in [0.25, 0.3) is 0 Å². The van der Waals surface area contributed by atoms with Crippen molar-refractivity contribution < 1.29 is 4.79 Å². The Morgan fingerprint density at radius 3 is 2.52 bits per heavy atom. The van der Waals surface area contributed by atoms with Gasteiger partial charge in [-0.15, -0.1) is 0 Å². The second kappa shape index (κ2) is 8.35. The van der Waals surface area contributed by atoms with E-state index < -0.39 is 0 Å². The summed E-state index contributed by atoms with van der Waals surface area (Å²) in [4.78, 5) is 20.8. The zero-order valence-electron chi connectivity index (χ0n) is 15.8. The zero-order chi connectivity index (χ0) is 19.2. The van der Waals surface area contributed by atoms with Crippen molar-refractivity contribution in [3.05, 3.63) is 65.7 Å². The van der Waals surface area contributed by atoms with Gasteiger partial charge in [0.2, 0.25) is 0 Å². The fourth-order valence-electron chi connectivity index (χ4n) is 2.62. The highest BCUT2D eigenvalue weighted by atomic mass is 16.2. The number of benzene rings is 1. The molecule has 140 valence electrons. The summed E-state index contributed by atoms with van der Waals surface area (Å²) in [6, 6.07) is 11.4. The molecule has 0 spiro atoms. The highest BCUT2D eigenvalue weighted by Crippen LogP contribution is 2.14. The van der Waals surface area contributed by atoms with Crippen molar-refractivity contribution in [3.63, 3.8) is 0 Å². The first-order chi connectivity index (χ1) is 13.0. The number of aromatic nitrogens is 3. The van der Waals surface area contributed by atoms with Crippen molar-refractivity contribution in [2.75, 3.05) is 23.7 Å². The third-order valence-corrected chi connectivity index (χ3v) is 4.17. The molecule has 7 heteroatoms. The fourth-order valence-corrected chi connectivity index (χ4v) is 2.62. The molecule has 7 nitrogen and oxygen atoms in total. The molecule has 27 heavy (non-hydrogen) atoms. The minimum Gasteiger partial charge on any atom is -0.368 e. The summed E-state index contributed by atoms with van der Waals surface area (Å²) in [5.41, 5.74) is 3.13. The molecule has 0 saturated carbocycles. The highest BCUT2D eigenvalue weighted by Gasteiger charge is 2.05. The standard InChI is InChI=1S/C20H24N6O/c1-14-6-7-17(12-15(14)2)25-20(27)22-9-8-21-18-13-19(24-16(3)23-18)26-10-4-5-11-26/h4-7,10-13H,8-9H2,1-3H3,(H,21,23,24)(H2,22,25,27). The molecule has 3 N–H and O–H groups in total. The number of nitrogens with zero attached hydrogens (tertiary/aromatic N) is 3. The Bertz CT molecular complexity index is 920. The summed E-state index contributed by atoms with van der Waals surface area (Å²) >= 11 is 0. The number of carbonyl (C=O) groups is 1. The van der Waals surface area contributed by atoms with Crippen LogP contribution in [0.3, 0.4) is 0 Å². The molecule has 0 bridgehead atoms. The van der Waals surface area contributed by atoms with Crippen molar-refractivity contribution in [3.8, 4) is 5.82 Å². The molecule has 0 aliphatic heterocycles. The highest BCUT2D eigenvalue weighted by molar-refractivity contribution is 5.89. The van der Waals surface area contributed by atoms with E-state index in [1.54, 1.807) is 0 Å². The lowest BCUT2D eigenvalue weighted by Gasteiger charge is -2.11. The monoisotopic (exact) mass is 364 g/mol. The molecule has 2 amide bonds. The van der Waals surface area contributed by atoms with E-state index in [9.17, 15) is 4.79 Å². The predicted octanol–water partition coefficient (Wildman–Crippen LogP) is 3.43. The van der Waals surface area contributed by atoms with Crippen LogP contribution in [0.25, 0.3) is 5.82 Å². The third-order valence-electron chi connectivity index (χ3n) is 4.17. The molecule has 0 unspecified atom stereocenters. The predicted molar refractivity (Wildman–Crippen MR) is 108 cm³/mol. The molecule has 0 atom stereocenters. The van der Waals surface area contributed by atoms with Crippen LogP contribution in [-0.4, -0.2) is 33.7 Å². The van der Waals surface area contributed by atoms with Crippen LogP contribution in [0, 0.1) is 20.8 Å². The average Bonchev–Trinajstić information content (AvgIpc) is 3.16. The van der Waals surface area contributed by atoms with Gasteiger partial charge in [0, 0.05) is 37.2 Å². The number of nitrogens with one attached hydrogen (secondary N) is 3. The Morgan fingerprint density at radius 1 is 1.00 bits per heavy atom. The average molecular weight is 364 g/mol. The Labute approximate surface area is 158 Å². The SMILES string of the molecule is Cc1nc(NCCNC(=O)Nc2ccc(C)c(C)c2)cc(-n2cccc2)n1. The van der Waals surface area contributed by atoms with Crippen molar-refractivity contribution in [2.45, 2.75) is 20.8 Å². The maximum Gasteiger partial charge on any atom is 0.319 e. The number of hydrogen-bond acceptors (Lipinski definition) is 4. The Balaban J connectivity index is 1.48. The molecule has 1 aromatic carbocycles. The van der Waals surface area contributed by atoms with E-state index in [4.69, 9.17) is 0 Å². The second-order valence-electron chi connectivity index (χ2n) is 6.36. The molecule has 0 radical (unpaired) electrons. The molecule has 0 fully saturated rings. The van der Waals surface area contributed by atoms with Gasteiger partial charge >= 0.3 is 6.03 Å². The number of hydrogen-bond donors (Lipinski definition) is 3. The summed E-state index contributed by atoms with van der Waals surface area (Å²) in [6.45, 7) is 6.95. The van der Waals surface area contributed by atoms with Gasteiger partial charge in [0.1, 0.15) is 17.5 Å². The lowest BCUT2D eigenvalue weighted by atomic mass is 10.1. The Kier molecular flexibility index (Phi) is 5.71. The molecular weight excluding hydrogens is 340 g/mol. The van der Waals surface area contributed by atoms with Crippen LogP contribution in [-0.2, 0) is 0 Å². The quantitative estimate of drug-likeness (QED) is 0.585. The van der Waals surface area contributed by atoms with Crippen molar-refractivity contribution in [1.29, 1.82) is 0 Å². The van der Waals surface area contributed by atoms with Crippen molar-refractivity contribution in [1.82, 2.24) is 19.9 Å². The fraction of sp³-hybridized carbons (Fsp3) is 0.250. The number of rotatable bonds is 6. The topological polar surface area (TPSA) is 83.9 Å². The minimum absolute atomic E-state index is 0.230. The van der Waals surface area contributed by atoms with Gasteiger partial charge < -0.3 is 20.5 Å². The molecule has 0 aliphatic carbocycles. The van der Waals surface area contributed by atoms with Gasteiger partial charge in [-0.2, -0.15) is 0 Å². The van der Waals surface area contributed by atoms with E-state index in [1.165, 1.54) is 5.56 Å². The van der Waals surface area contributed by atoms with Crippen LogP contribution >= 0.6 is 0 Å². The molecule has 3 aromatic rings. The van der Waals surface area contributed by atoms with E-state index in [-0.39, 0.29) is 6.03 Å². The zero-order valence-corrected chi connectivity index (χ0v) is 15.8. The van der Waals surface area contributed by atoms with Gasteiger partial charge in [0.05, 0.1) is 0 Å². The summed E-state index contributed by atoms with van der Waals surface area (Å²) in [6.07, 6.45) is 3.87. The van der Waals surface area contributed by atoms with E-state index >= 15 is 0 Å². The third kappa shape index (κ3) is 5.07. The van der Waals surface area contributed by atoms with E-state index in [0.29, 0.717) is 18.9 Å². The van der Waals surface area contributed by atoms with Crippen LogP contribution in [0.15, 0.2) is 48.8 Å². The first kappa shape index (κ1) is 18.4. The largest absolute Gasteiger partial charge is 0.368 e. The van der Waals surface area contributed by atoms with Gasteiger partial charge in [-0.1, -0.05) is 6.07 Å². The van der Waals surface area contributed by atoms with Gasteiger partial charge in [-0.3, -0.25) is 0 Å². The second-order valence-corrected chi connectivity index (χ2v) is 6.36. The molecule has 0 aliphatic rings. The van der Waals surface area contributed by atoms with Gasteiger partial charge in [0.15, 0.2) is 0 Å². The van der Waals surface area contributed by atoms with Crippen molar-refractivity contribution >= 4 is 17.5 Å². The number of amides is 2. The minimum atomic E-state index is -0.230. The van der Waals surface area contributed by atoms with Crippen LogP contribution in [0.2, 0.25) is 0 Å². The molecular formula is C20H24N6O. The van der Waals surface area contributed by atoms with E-state index in [2.05, 4.69) is 25.9 Å². The van der Waals surface area contributed by atoms with Gasteiger partial charge in [-0.25, -0.2) is 14.8 Å². The Hall–Kier alpha value is -3.35. The summed E-state index contributed by atoms with van der Waals surface area (Å²) in [7, 11) is 0. The number of carbonyl (C=O) groups excluding carboxylic acids is 1. The number of anilines is 2. The van der Waals surface area contributed by atoms with Crippen LogP contribution in [0.5, 0.6) is 0 Å². The first-order valence-corrected chi connectivity index (χ1v) is 8.86. The normalized spacial score (nSPS) is 10.5. The van der Waals surface area contributed by atoms with E-state index in [1.807, 2.05) is 74.1 Å². The lowest BCUT2D eigenvalue weighted by Crippen LogP contribution is -2.32. The maximum absolute atomic E-state index is 12.0. The molecule has 0 saturated heterocycles. The first-order valence-electron chi connectivity index (χ1n) is 8.86. The number of aryl methyl sites for hydroxylation is 3. The Morgan fingerprint density at radius 2 is 1.78 bits per heavy atom. The number of urea groups is 1. The summed E-state index contributed by atoms with van der Waals surface area (Å²) < 4.78 is 1.93. The van der Waals surface area contributed by atoms with Crippen LogP contribution < -0.4 is 16.0 Å². The summed E-state index contributed by atoms with van der Waals surface area (Å²) in [5.74, 6) is 2.21. The van der Waals surface area contributed by atoms with Crippen molar-refractivity contribution in [2.24, 2.45) is 0 Å².